The fourth-order valence-electron chi connectivity index (χ4n) is 3.99. The molecule has 3 aromatic rings. The molecule has 1 saturated heterocycles. The third kappa shape index (κ3) is 5.89. The summed E-state index contributed by atoms with van der Waals surface area (Å²) in [6.45, 7) is 3.22. The molecule has 0 saturated carbocycles. The molecule has 9 heteroatoms. The summed E-state index contributed by atoms with van der Waals surface area (Å²) < 4.78 is 41.0. The first-order chi connectivity index (χ1) is 14.9. The van der Waals surface area contributed by atoms with Crippen molar-refractivity contribution in [2.24, 2.45) is 0 Å². The highest BCUT2D eigenvalue weighted by Crippen LogP contribution is 2.31. The van der Waals surface area contributed by atoms with Gasteiger partial charge in [-0.15, -0.1) is 5.10 Å². The van der Waals surface area contributed by atoms with Crippen LogP contribution in [0.4, 0.5) is 10.1 Å². The Morgan fingerprint density at radius 3 is 2.55 bits per heavy atom. The summed E-state index contributed by atoms with van der Waals surface area (Å²) in [6.07, 6.45) is 4.85. The van der Waals surface area contributed by atoms with Crippen molar-refractivity contribution in [2.75, 3.05) is 24.1 Å². The second-order valence-electron chi connectivity index (χ2n) is 8.06. The van der Waals surface area contributed by atoms with E-state index in [4.69, 9.17) is 0 Å². The zero-order valence-corrected chi connectivity index (χ0v) is 18.2. The van der Waals surface area contributed by atoms with Gasteiger partial charge in [-0.1, -0.05) is 41.6 Å². The maximum absolute atomic E-state index is 14.0. The number of rotatable bonds is 7. The minimum absolute atomic E-state index is 0.0115. The molecule has 7 nitrogen and oxygen atoms in total. The largest absolute Gasteiger partial charge is 0.297 e. The number of hydrogen-bond acceptors (Lipinski definition) is 5. The van der Waals surface area contributed by atoms with E-state index in [0.29, 0.717) is 6.54 Å². The van der Waals surface area contributed by atoms with Gasteiger partial charge >= 0.3 is 0 Å². The quantitative estimate of drug-likeness (QED) is 0.607. The summed E-state index contributed by atoms with van der Waals surface area (Å²) in [5, 5.41) is 8.54. The normalized spacial score (nSPS) is 15.8. The number of benzene rings is 2. The Kier molecular flexibility index (Phi) is 6.33. The smallest absolute Gasteiger partial charge is 0.229 e. The second-order valence-corrected chi connectivity index (χ2v) is 9.81. The fraction of sp³-hybridized carbons (Fsp3) is 0.364. The Labute approximate surface area is 181 Å². The Hall–Kier alpha value is -2.78. The zero-order valence-electron chi connectivity index (χ0n) is 17.4. The molecule has 0 aliphatic carbocycles. The van der Waals surface area contributed by atoms with Gasteiger partial charge in [0, 0.05) is 6.54 Å². The van der Waals surface area contributed by atoms with Gasteiger partial charge in [0.2, 0.25) is 10.0 Å². The minimum Gasteiger partial charge on any atom is -0.297 e. The van der Waals surface area contributed by atoms with Crippen LogP contribution in [0.25, 0.3) is 0 Å². The van der Waals surface area contributed by atoms with E-state index in [1.807, 2.05) is 29.1 Å². The number of nitrogens with zero attached hydrogens (tertiary/aromatic N) is 4. The first kappa shape index (κ1) is 21.5. The molecule has 2 aromatic carbocycles. The van der Waals surface area contributed by atoms with Crippen molar-refractivity contribution in [3.05, 3.63) is 77.4 Å². The van der Waals surface area contributed by atoms with Gasteiger partial charge in [-0.2, -0.15) is 0 Å². The highest BCUT2D eigenvalue weighted by Gasteiger charge is 2.22. The molecule has 2 heterocycles. The monoisotopic (exact) mass is 443 g/mol. The van der Waals surface area contributed by atoms with Crippen molar-refractivity contribution in [1.29, 1.82) is 0 Å². The van der Waals surface area contributed by atoms with E-state index >= 15 is 0 Å². The third-order valence-corrected chi connectivity index (χ3v) is 6.09. The summed E-state index contributed by atoms with van der Waals surface area (Å²) >= 11 is 0. The molecule has 0 unspecified atom stereocenters. The number of aromatic nitrogens is 3. The lowest BCUT2D eigenvalue weighted by Gasteiger charge is -2.31. The average molecular weight is 444 g/mol. The molecular weight excluding hydrogens is 417 g/mol. The molecule has 0 bridgehead atoms. The van der Waals surface area contributed by atoms with Gasteiger partial charge in [0.25, 0.3) is 0 Å². The second kappa shape index (κ2) is 9.15. The number of likely N-dealkylation sites (tertiary alicyclic amines) is 1. The molecule has 0 amide bonds. The number of halogens is 1. The van der Waals surface area contributed by atoms with E-state index in [9.17, 15) is 12.8 Å². The number of sulfonamides is 1. The molecule has 1 aliphatic heterocycles. The zero-order chi connectivity index (χ0) is 21.8. The van der Waals surface area contributed by atoms with Gasteiger partial charge in [0.1, 0.15) is 5.82 Å². The lowest BCUT2D eigenvalue weighted by Crippen LogP contribution is -2.32. The third-order valence-electron chi connectivity index (χ3n) is 5.50. The van der Waals surface area contributed by atoms with Crippen LogP contribution in [0.3, 0.4) is 0 Å². The fourth-order valence-corrected chi connectivity index (χ4v) is 4.54. The van der Waals surface area contributed by atoms with Gasteiger partial charge in [-0.05, 0) is 55.1 Å². The molecule has 164 valence electrons. The van der Waals surface area contributed by atoms with Gasteiger partial charge in [-0.25, -0.2) is 17.5 Å². The van der Waals surface area contributed by atoms with Crippen LogP contribution >= 0.6 is 0 Å². The van der Waals surface area contributed by atoms with Gasteiger partial charge in [0.05, 0.1) is 30.4 Å². The first-order valence-corrected chi connectivity index (χ1v) is 12.2. The maximum atomic E-state index is 14.0. The SMILES string of the molecule is CS(=O)(=O)Nc1cc(C2CCN(Cc3cn(Cc4ccccc4)nn3)CC2)ccc1F. The van der Waals surface area contributed by atoms with Crippen LogP contribution < -0.4 is 4.72 Å². The van der Waals surface area contributed by atoms with Crippen LogP contribution in [0.2, 0.25) is 0 Å². The van der Waals surface area contributed by atoms with Crippen LogP contribution in [-0.4, -0.2) is 47.7 Å². The Balaban J connectivity index is 1.33. The molecule has 0 radical (unpaired) electrons. The highest BCUT2D eigenvalue weighted by molar-refractivity contribution is 7.92. The Morgan fingerprint density at radius 2 is 1.84 bits per heavy atom. The summed E-state index contributed by atoms with van der Waals surface area (Å²) in [7, 11) is -3.52. The van der Waals surface area contributed by atoms with Gasteiger partial charge < -0.3 is 0 Å². The number of nitrogens with one attached hydrogen (secondary N) is 1. The predicted molar refractivity (Wildman–Crippen MR) is 118 cm³/mol. The molecule has 0 atom stereocenters. The molecule has 0 spiro atoms. The lowest BCUT2D eigenvalue weighted by atomic mass is 9.89. The van der Waals surface area contributed by atoms with Crippen LogP contribution in [0.1, 0.15) is 35.6 Å². The molecule has 1 N–H and O–H groups in total. The van der Waals surface area contributed by atoms with E-state index in [2.05, 4.69) is 32.1 Å². The average Bonchev–Trinajstić information content (AvgIpc) is 3.17. The van der Waals surface area contributed by atoms with Crippen molar-refractivity contribution in [2.45, 2.75) is 31.8 Å². The number of anilines is 1. The topological polar surface area (TPSA) is 80.1 Å². The maximum Gasteiger partial charge on any atom is 0.229 e. The standard InChI is InChI=1S/C22H26FN5O2S/c1-31(29,30)25-22-13-19(7-8-21(22)23)18-9-11-27(12-10-18)15-20-16-28(26-24-20)14-17-5-3-2-4-6-17/h2-8,13,16,18,25H,9-12,14-15H2,1H3. The minimum atomic E-state index is -3.52. The molecule has 31 heavy (non-hydrogen) atoms. The van der Waals surface area contributed by atoms with Crippen molar-refractivity contribution in [3.8, 4) is 0 Å². The highest BCUT2D eigenvalue weighted by atomic mass is 32.2. The molecule has 4 rings (SSSR count). The van der Waals surface area contributed by atoms with Gasteiger partial charge in [0.15, 0.2) is 0 Å². The lowest BCUT2D eigenvalue weighted by molar-refractivity contribution is 0.202. The molecule has 1 fully saturated rings. The van der Waals surface area contributed by atoms with Crippen LogP contribution in [0.5, 0.6) is 0 Å². The predicted octanol–water partition coefficient (Wildman–Crippen LogP) is 3.22. The Morgan fingerprint density at radius 1 is 1.10 bits per heavy atom. The van der Waals surface area contributed by atoms with Crippen molar-refractivity contribution >= 4 is 15.7 Å². The van der Waals surface area contributed by atoms with Crippen molar-refractivity contribution in [3.63, 3.8) is 0 Å². The summed E-state index contributed by atoms with van der Waals surface area (Å²) in [4.78, 5) is 2.34. The summed E-state index contributed by atoms with van der Waals surface area (Å²) in [5.41, 5.74) is 3.10. The first-order valence-electron chi connectivity index (χ1n) is 10.3. The van der Waals surface area contributed by atoms with E-state index in [0.717, 1.165) is 50.0 Å². The Bertz CT molecular complexity index is 1130. The van der Waals surface area contributed by atoms with E-state index in [1.54, 1.807) is 12.1 Å². The van der Waals surface area contributed by atoms with Crippen LogP contribution in [-0.2, 0) is 23.1 Å². The molecule has 1 aliphatic rings. The van der Waals surface area contributed by atoms with Crippen LogP contribution in [0.15, 0.2) is 54.7 Å². The molecular formula is C22H26FN5O2S. The van der Waals surface area contributed by atoms with Crippen molar-refractivity contribution in [1.82, 2.24) is 19.9 Å². The molecule has 1 aromatic heterocycles. The van der Waals surface area contributed by atoms with E-state index in [-0.39, 0.29) is 11.6 Å². The van der Waals surface area contributed by atoms with E-state index < -0.39 is 15.8 Å². The summed E-state index contributed by atoms with van der Waals surface area (Å²) in [6, 6.07) is 14.9. The van der Waals surface area contributed by atoms with Gasteiger partial charge in [-0.3, -0.25) is 9.62 Å². The van der Waals surface area contributed by atoms with Crippen molar-refractivity contribution < 1.29 is 12.8 Å². The number of hydrogen-bond donors (Lipinski definition) is 1. The van der Waals surface area contributed by atoms with E-state index in [1.165, 1.54) is 11.6 Å². The number of piperidine rings is 1. The summed E-state index contributed by atoms with van der Waals surface area (Å²) in [5.74, 6) is -0.295. The van der Waals surface area contributed by atoms with Crippen LogP contribution in [0, 0.1) is 5.82 Å².